The van der Waals surface area contributed by atoms with E-state index in [1.807, 2.05) is 0 Å². The van der Waals surface area contributed by atoms with Gasteiger partial charge in [0.05, 0.1) is 44.1 Å². The van der Waals surface area contributed by atoms with Crippen molar-refractivity contribution in [3.05, 3.63) is 206 Å². The van der Waals surface area contributed by atoms with Crippen LogP contribution in [0.3, 0.4) is 0 Å². The number of benzene rings is 9. The largest absolute Gasteiger partial charge is 0.309 e. The first kappa shape index (κ1) is 31.4. The molecule has 4 heterocycles. The second kappa shape index (κ2) is 11.8. The van der Waals surface area contributed by atoms with E-state index in [0.717, 1.165) is 22.7 Å². The summed E-state index contributed by atoms with van der Waals surface area (Å²) in [6.07, 6.45) is 0. The van der Waals surface area contributed by atoms with Gasteiger partial charge in [0.1, 0.15) is 0 Å². The lowest BCUT2D eigenvalue weighted by atomic mass is 10.1. The van der Waals surface area contributed by atoms with E-state index in [2.05, 4.69) is 225 Å². The number of nitrogens with zero attached hydrogens (tertiary/aromatic N) is 4. The van der Waals surface area contributed by atoms with Crippen LogP contribution in [-0.4, -0.2) is 18.3 Å². The van der Waals surface area contributed by atoms with Gasteiger partial charge in [0.2, 0.25) is 0 Å². The van der Waals surface area contributed by atoms with Gasteiger partial charge in [-0.3, -0.25) is 0 Å². The zero-order chi connectivity index (χ0) is 37.9. The molecule has 0 aliphatic carbocycles. The number of rotatable bonds is 4. The van der Waals surface area contributed by atoms with Gasteiger partial charge < -0.3 is 18.3 Å². The van der Waals surface area contributed by atoms with Gasteiger partial charge in [-0.1, -0.05) is 109 Å². The molecule has 0 unspecified atom stereocenters. The summed E-state index contributed by atoms with van der Waals surface area (Å²) in [7, 11) is 0. The van der Waals surface area contributed by atoms with E-state index in [4.69, 9.17) is 0 Å². The van der Waals surface area contributed by atoms with E-state index in [1.54, 1.807) is 0 Å². The lowest BCUT2D eigenvalue weighted by molar-refractivity contribution is 1.14. The molecule has 270 valence electrons. The van der Waals surface area contributed by atoms with Crippen LogP contribution in [0.4, 0.5) is 0 Å². The van der Waals surface area contributed by atoms with Crippen LogP contribution in [0.15, 0.2) is 206 Å². The molecule has 0 amide bonds. The standard InChI is InChI=1S/C54H34N4/c1-7-19-47-39(13-1)40-14-2-8-20-48(40)55(47)35-25-27-36(28-26-35)56-53-31-29-37(57-49-21-9-3-15-41(49)42-16-4-10-22-50(42)57)33-45(53)46-34-38(30-32-54(46)56)58-51-23-11-5-17-43(51)44-18-6-12-24-52(44)58/h1-34H. The summed E-state index contributed by atoms with van der Waals surface area (Å²) < 4.78 is 9.66. The van der Waals surface area contributed by atoms with Crippen molar-refractivity contribution in [2.45, 2.75) is 0 Å². The molecule has 0 atom stereocenters. The Labute approximate surface area is 333 Å². The van der Waals surface area contributed by atoms with E-state index in [9.17, 15) is 0 Å². The molecule has 58 heavy (non-hydrogen) atoms. The zero-order valence-electron chi connectivity index (χ0n) is 31.4. The molecular formula is C54H34N4. The SMILES string of the molecule is c1ccc2c(c1)c1ccccc1n2-c1ccc(-n2c3ccc(-n4c5ccccc5c5ccccc54)cc3c3cc(-n4c5ccccc5c5ccccc54)ccc32)cc1. The van der Waals surface area contributed by atoms with Crippen LogP contribution in [0, 0.1) is 0 Å². The van der Waals surface area contributed by atoms with E-state index in [1.165, 1.54) is 87.2 Å². The van der Waals surface area contributed by atoms with Crippen LogP contribution < -0.4 is 0 Å². The molecule has 0 radical (unpaired) electrons. The van der Waals surface area contributed by atoms with Crippen LogP contribution in [0.5, 0.6) is 0 Å². The molecule has 0 fully saturated rings. The topological polar surface area (TPSA) is 19.7 Å². The van der Waals surface area contributed by atoms with Gasteiger partial charge >= 0.3 is 0 Å². The molecule has 0 saturated carbocycles. The van der Waals surface area contributed by atoms with Crippen molar-refractivity contribution in [3.63, 3.8) is 0 Å². The number of para-hydroxylation sites is 6. The van der Waals surface area contributed by atoms with Gasteiger partial charge in [0, 0.05) is 65.8 Å². The summed E-state index contributed by atoms with van der Waals surface area (Å²) in [5.74, 6) is 0. The average molecular weight is 739 g/mol. The molecular weight excluding hydrogens is 705 g/mol. The Morgan fingerprint density at radius 1 is 0.172 bits per heavy atom. The fourth-order valence-corrected chi connectivity index (χ4v) is 9.91. The lowest BCUT2D eigenvalue weighted by Crippen LogP contribution is -1.98. The van der Waals surface area contributed by atoms with E-state index >= 15 is 0 Å². The first-order valence-electron chi connectivity index (χ1n) is 19.9. The minimum atomic E-state index is 1.12. The van der Waals surface area contributed by atoms with Crippen molar-refractivity contribution in [1.29, 1.82) is 0 Å². The molecule has 13 aromatic rings. The van der Waals surface area contributed by atoms with Gasteiger partial charge in [0.15, 0.2) is 0 Å². The number of hydrogen-bond donors (Lipinski definition) is 0. The minimum absolute atomic E-state index is 1.12. The second-order valence-electron chi connectivity index (χ2n) is 15.4. The third-order valence-electron chi connectivity index (χ3n) is 12.4. The maximum atomic E-state index is 2.44. The number of hydrogen-bond acceptors (Lipinski definition) is 0. The molecule has 0 aliphatic heterocycles. The normalized spacial score (nSPS) is 12.1. The third-order valence-corrected chi connectivity index (χ3v) is 12.4. The van der Waals surface area contributed by atoms with Gasteiger partial charge in [-0.05, 0) is 97.1 Å². The monoisotopic (exact) mass is 738 g/mol. The highest BCUT2D eigenvalue weighted by molar-refractivity contribution is 6.14. The number of aromatic nitrogens is 4. The fourth-order valence-electron chi connectivity index (χ4n) is 9.91. The summed E-state index contributed by atoms with van der Waals surface area (Å²) in [6.45, 7) is 0. The predicted molar refractivity (Wildman–Crippen MR) is 244 cm³/mol. The van der Waals surface area contributed by atoms with Gasteiger partial charge in [-0.2, -0.15) is 0 Å². The molecule has 9 aromatic carbocycles. The van der Waals surface area contributed by atoms with E-state index in [0.29, 0.717) is 0 Å². The van der Waals surface area contributed by atoms with Crippen molar-refractivity contribution in [1.82, 2.24) is 18.3 Å². The lowest BCUT2D eigenvalue weighted by Gasteiger charge is -2.12. The Hall–Kier alpha value is -7.82. The second-order valence-corrected chi connectivity index (χ2v) is 15.4. The Balaban J connectivity index is 1.07. The molecule has 0 spiro atoms. The van der Waals surface area contributed by atoms with Crippen molar-refractivity contribution >= 4 is 87.2 Å². The van der Waals surface area contributed by atoms with E-state index < -0.39 is 0 Å². The smallest absolute Gasteiger partial charge is 0.0542 e. The zero-order valence-corrected chi connectivity index (χ0v) is 31.4. The Morgan fingerprint density at radius 3 is 0.655 bits per heavy atom. The van der Waals surface area contributed by atoms with Gasteiger partial charge in [-0.25, -0.2) is 0 Å². The molecule has 0 saturated heterocycles. The summed E-state index contributed by atoms with van der Waals surface area (Å²) in [6, 6.07) is 75.5. The Morgan fingerprint density at radius 2 is 0.379 bits per heavy atom. The minimum Gasteiger partial charge on any atom is -0.309 e. The summed E-state index contributed by atoms with van der Waals surface area (Å²) >= 11 is 0. The highest BCUT2D eigenvalue weighted by atomic mass is 15.0. The number of fused-ring (bicyclic) bond motifs is 12. The highest BCUT2D eigenvalue weighted by Crippen LogP contribution is 2.40. The van der Waals surface area contributed by atoms with Crippen molar-refractivity contribution in [2.75, 3.05) is 0 Å². The maximum Gasteiger partial charge on any atom is 0.0542 e. The first-order chi connectivity index (χ1) is 28.8. The molecule has 4 nitrogen and oxygen atoms in total. The van der Waals surface area contributed by atoms with Crippen molar-refractivity contribution in [2.24, 2.45) is 0 Å². The van der Waals surface area contributed by atoms with E-state index in [-0.39, 0.29) is 0 Å². The molecule has 0 N–H and O–H groups in total. The summed E-state index contributed by atoms with van der Waals surface area (Å²) in [5.41, 5.74) is 14.1. The van der Waals surface area contributed by atoms with Crippen LogP contribution in [0.2, 0.25) is 0 Å². The molecule has 4 aromatic heterocycles. The summed E-state index contributed by atoms with van der Waals surface area (Å²) in [4.78, 5) is 0. The molecule has 4 heteroatoms. The van der Waals surface area contributed by atoms with Crippen LogP contribution in [0.1, 0.15) is 0 Å². The Bertz CT molecular complexity index is 3460. The highest BCUT2D eigenvalue weighted by Gasteiger charge is 2.19. The van der Waals surface area contributed by atoms with Crippen molar-refractivity contribution in [3.8, 4) is 22.7 Å². The molecule has 13 rings (SSSR count). The van der Waals surface area contributed by atoms with Gasteiger partial charge in [0.25, 0.3) is 0 Å². The van der Waals surface area contributed by atoms with Crippen molar-refractivity contribution < 1.29 is 0 Å². The van der Waals surface area contributed by atoms with Crippen LogP contribution in [0.25, 0.3) is 110 Å². The molecule has 0 bridgehead atoms. The Kier molecular flexibility index (Phi) is 6.41. The predicted octanol–water partition coefficient (Wildman–Crippen LogP) is 14.1. The van der Waals surface area contributed by atoms with Crippen LogP contribution in [-0.2, 0) is 0 Å². The maximum absolute atomic E-state index is 2.44. The average Bonchev–Trinajstić information content (AvgIpc) is 4.01. The van der Waals surface area contributed by atoms with Gasteiger partial charge in [-0.15, -0.1) is 0 Å². The quantitative estimate of drug-likeness (QED) is 0.171. The first-order valence-corrected chi connectivity index (χ1v) is 19.9. The molecule has 0 aliphatic rings. The van der Waals surface area contributed by atoms with Crippen LogP contribution >= 0.6 is 0 Å². The third kappa shape index (κ3) is 4.29. The summed E-state index contributed by atoms with van der Waals surface area (Å²) in [5, 5.41) is 10.0. The fraction of sp³-hybridized carbons (Fsp3) is 0.